The first-order valence-electron chi connectivity index (χ1n) is 6.79. The fourth-order valence-corrected chi connectivity index (χ4v) is 1.78. The van der Waals surface area contributed by atoms with Crippen LogP contribution >= 0.6 is 0 Å². The smallest absolute Gasteiger partial charge is 0.314 e. The van der Waals surface area contributed by atoms with Crippen molar-refractivity contribution in [1.29, 1.82) is 0 Å². The number of ether oxygens (including phenoxy) is 1. The minimum absolute atomic E-state index is 0.154. The third-order valence-electron chi connectivity index (χ3n) is 2.77. The highest BCUT2D eigenvalue weighted by Gasteiger charge is 2.00. The van der Waals surface area contributed by atoms with Crippen molar-refractivity contribution < 1.29 is 9.53 Å². The summed E-state index contributed by atoms with van der Waals surface area (Å²) in [6.45, 7) is 3.61. The Morgan fingerprint density at radius 1 is 1.25 bits per heavy atom. The van der Waals surface area contributed by atoms with Gasteiger partial charge in [0.1, 0.15) is 12.4 Å². The number of benzene rings is 1. The number of nitrogens with one attached hydrogen (secondary N) is 2. The SMILES string of the molecule is CCCNC(=O)NCCOc1ccc2ncccc2c1. The number of nitrogens with zero attached hydrogens (tertiary/aromatic N) is 1. The van der Waals surface area contributed by atoms with Crippen molar-refractivity contribution in [3.8, 4) is 5.75 Å². The van der Waals surface area contributed by atoms with Crippen LogP contribution in [0.5, 0.6) is 5.75 Å². The Balaban J connectivity index is 1.77. The van der Waals surface area contributed by atoms with Crippen LogP contribution in [0.4, 0.5) is 4.79 Å². The van der Waals surface area contributed by atoms with Gasteiger partial charge in [0.15, 0.2) is 0 Å². The molecule has 0 atom stereocenters. The lowest BCUT2D eigenvalue weighted by Crippen LogP contribution is -2.37. The van der Waals surface area contributed by atoms with Crippen LogP contribution in [0, 0.1) is 0 Å². The molecule has 0 aliphatic carbocycles. The number of aromatic nitrogens is 1. The third-order valence-corrected chi connectivity index (χ3v) is 2.77. The van der Waals surface area contributed by atoms with Crippen molar-refractivity contribution in [2.24, 2.45) is 0 Å². The molecule has 0 unspecified atom stereocenters. The topological polar surface area (TPSA) is 63.2 Å². The number of urea groups is 1. The van der Waals surface area contributed by atoms with Crippen molar-refractivity contribution in [3.63, 3.8) is 0 Å². The maximum absolute atomic E-state index is 11.3. The van der Waals surface area contributed by atoms with Gasteiger partial charge in [-0.15, -0.1) is 0 Å². The molecule has 0 aliphatic rings. The highest BCUT2D eigenvalue weighted by molar-refractivity contribution is 5.79. The van der Waals surface area contributed by atoms with E-state index in [2.05, 4.69) is 15.6 Å². The van der Waals surface area contributed by atoms with Gasteiger partial charge >= 0.3 is 6.03 Å². The summed E-state index contributed by atoms with van der Waals surface area (Å²) in [4.78, 5) is 15.6. The fourth-order valence-electron chi connectivity index (χ4n) is 1.78. The van der Waals surface area contributed by atoms with E-state index in [1.165, 1.54) is 0 Å². The lowest BCUT2D eigenvalue weighted by atomic mass is 10.2. The molecule has 0 bridgehead atoms. The molecular weight excluding hydrogens is 254 g/mol. The zero-order valence-corrected chi connectivity index (χ0v) is 11.6. The van der Waals surface area contributed by atoms with Gasteiger partial charge < -0.3 is 15.4 Å². The average Bonchev–Trinajstić information content (AvgIpc) is 2.49. The molecule has 0 saturated carbocycles. The predicted molar refractivity (Wildman–Crippen MR) is 78.9 cm³/mol. The fraction of sp³-hybridized carbons (Fsp3) is 0.333. The molecule has 2 aromatic rings. The number of fused-ring (bicyclic) bond motifs is 1. The zero-order chi connectivity index (χ0) is 14.2. The number of amides is 2. The largest absolute Gasteiger partial charge is 0.492 e. The summed E-state index contributed by atoms with van der Waals surface area (Å²) < 4.78 is 5.60. The van der Waals surface area contributed by atoms with Gasteiger partial charge in [-0.1, -0.05) is 13.0 Å². The van der Waals surface area contributed by atoms with E-state index in [9.17, 15) is 4.79 Å². The van der Waals surface area contributed by atoms with Crippen LogP contribution in [-0.2, 0) is 0 Å². The second-order valence-corrected chi connectivity index (χ2v) is 4.39. The quantitative estimate of drug-likeness (QED) is 0.794. The molecule has 5 heteroatoms. The van der Waals surface area contributed by atoms with Crippen molar-refractivity contribution in [2.75, 3.05) is 19.7 Å². The molecule has 2 N–H and O–H groups in total. The van der Waals surface area contributed by atoms with Crippen LogP contribution < -0.4 is 15.4 Å². The van der Waals surface area contributed by atoms with Gasteiger partial charge in [-0.2, -0.15) is 0 Å². The number of rotatable bonds is 6. The van der Waals surface area contributed by atoms with Gasteiger partial charge in [0.2, 0.25) is 0 Å². The van der Waals surface area contributed by atoms with E-state index >= 15 is 0 Å². The molecule has 0 saturated heterocycles. The predicted octanol–water partition coefficient (Wildman–Crippen LogP) is 2.32. The molecule has 20 heavy (non-hydrogen) atoms. The van der Waals surface area contributed by atoms with Crippen molar-refractivity contribution in [3.05, 3.63) is 36.5 Å². The van der Waals surface area contributed by atoms with Crippen LogP contribution in [0.1, 0.15) is 13.3 Å². The van der Waals surface area contributed by atoms with Crippen LogP contribution in [0.15, 0.2) is 36.5 Å². The number of carbonyl (C=O) groups excluding carboxylic acids is 1. The zero-order valence-electron chi connectivity index (χ0n) is 11.6. The molecule has 1 aromatic carbocycles. The van der Waals surface area contributed by atoms with Crippen molar-refractivity contribution in [1.82, 2.24) is 15.6 Å². The second-order valence-electron chi connectivity index (χ2n) is 4.39. The minimum Gasteiger partial charge on any atom is -0.492 e. The van der Waals surface area contributed by atoms with Crippen molar-refractivity contribution in [2.45, 2.75) is 13.3 Å². The Hall–Kier alpha value is -2.30. The van der Waals surface area contributed by atoms with E-state index < -0.39 is 0 Å². The molecule has 0 fully saturated rings. The van der Waals surface area contributed by atoms with Gasteiger partial charge in [0.25, 0.3) is 0 Å². The van der Waals surface area contributed by atoms with Gasteiger partial charge in [-0.25, -0.2) is 4.79 Å². The summed E-state index contributed by atoms with van der Waals surface area (Å²) in [7, 11) is 0. The molecule has 1 heterocycles. The Morgan fingerprint density at radius 2 is 2.10 bits per heavy atom. The van der Waals surface area contributed by atoms with E-state index in [0.29, 0.717) is 19.7 Å². The number of hydrogen-bond donors (Lipinski definition) is 2. The molecule has 0 spiro atoms. The van der Waals surface area contributed by atoms with Crippen LogP contribution in [0.2, 0.25) is 0 Å². The van der Waals surface area contributed by atoms with Crippen LogP contribution in [0.3, 0.4) is 0 Å². The van der Waals surface area contributed by atoms with Gasteiger partial charge in [-0.05, 0) is 30.7 Å². The monoisotopic (exact) mass is 273 g/mol. The molecule has 0 aliphatic heterocycles. The van der Waals surface area contributed by atoms with Crippen LogP contribution in [0.25, 0.3) is 10.9 Å². The van der Waals surface area contributed by atoms with E-state index in [0.717, 1.165) is 23.1 Å². The van der Waals surface area contributed by atoms with Crippen molar-refractivity contribution >= 4 is 16.9 Å². The van der Waals surface area contributed by atoms with E-state index in [1.807, 2.05) is 37.3 Å². The Labute approximate surface area is 118 Å². The average molecular weight is 273 g/mol. The summed E-state index contributed by atoms with van der Waals surface area (Å²) in [6.07, 6.45) is 2.69. The molecule has 0 radical (unpaired) electrons. The Bertz CT molecular complexity index is 572. The summed E-state index contributed by atoms with van der Waals surface area (Å²) in [6, 6.07) is 9.48. The molecule has 2 rings (SSSR count). The summed E-state index contributed by atoms with van der Waals surface area (Å²) >= 11 is 0. The minimum atomic E-state index is -0.154. The maximum atomic E-state index is 11.3. The normalized spacial score (nSPS) is 10.2. The summed E-state index contributed by atoms with van der Waals surface area (Å²) in [5.74, 6) is 0.779. The Kier molecular flexibility index (Phi) is 5.17. The van der Waals surface area contributed by atoms with E-state index in [1.54, 1.807) is 6.20 Å². The van der Waals surface area contributed by atoms with E-state index in [4.69, 9.17) is 4.74 Å². The lowest BCUT2D eigenvalue weighted by molar-refractivity contribution is 0.236. The molecule has 2 amide bonds. The highest BCUT2D eigenvalue weighted by Crippen LogP contribution is 2.18. The highest BCUT2D eigenvalue weighted by atomic mass is 16.5. The first kappa shape index (κ1) is 14.1. The summed E-state index contributed by atoms with van der Waals surface area (Å²) in [5, 5.41) is 6.52. The van der Waals surface area contributed by atoms with E-state index in [-0.39, 0.29) is 6.03 Å². The third kappa shape index (κ3) is 4.12. The number of carbonyl (C=O) groups is 1. The molecule has 5 nitrogen and oxygen atoms in total. The lowest BCUT2D eigenvalue weighted by Gasteiger charge is -2.09. The van der Waals surface area contributed by atoms with Gasteiger partial charge in [0, 0.05) is 18.1 Å². The molecule has 1 aromatic heterocycles. The standard InChI is InChI=1S/C15H19N3O2/c1-2-7-17-15(19)18-9-10-20-13-5-6-14-12(11-13)4-3-8-16-14/h3-6,8,11H,2,7,9-10H2,1H3,(H2,17,18,19). The second kappa shape index (κ2) is 7.33. The molecule has 106 valence electrons. The summed E-state index contributed by atoms with van der Waals surface area (Å²) in [5.41, 5.74) is 0.942. The first-order valence-corrected chi connectivity index (χ1v) is 6.79. The van der Waals surface area contributed by atoms with Gasteiger partial charge in [0.05, 0.1) is 12.1 Å². The first-order chi connectivity index (χ1) is 9.79. The number of pyridine rings is 1. The number of hydrogen-bond acceptors (Lipinski definition) is 3. The van der Waals surface area contributed by atoms with Gasteiger partial charge in [-0.3, -0.25) is 4.98 Å². The molecular formula is C15H19N3O2. The Morgan fingerprint density at radius 3 is 2.95 bits per heavy atom. The maximum Gasteiger partial charge on any atom is 0.314 e. The van der Waals surface area contributed by atoms with Crippen LogP contribution in [-0.4, -0.2) is 30.7 Å².